The first kappa shape index (κ1) is 17.7. The lowest BCUT2D eigenvalue weighted by atomic mass is 9.89. The molecule has 0 aliphatic carbocycles. The normalized spacial score (nSPS) is 20.6. The van der Waals surface area contributed by atoms with Crippen LogP contribution >= 0.6 is 0 Å². The minimum absolute atomic E-state index is 0.0428. The van der Waals surface area contributed by atoms with Crippen molar-refractivity contribution in [2.24, 2.45) is 4.99 Å². The number of aliphatic imine (C=N–C) groups is 1. The van der Waals surface area contributed by atoms with Crippen molar-refractivity contribution in [1.29, 1.82) is 0 Å². The molecule has 0 aromatic heterocycles. The van der Waals surface area contributed by atoms with Crippen molar-refractivity contribution in [3.05, 3.63) is 34.9 Å². The fourth-order valence-electron chi connectivity index (χ4n) is 2.92. The SMILES string of the molecule is O=C1NC(c2cc(C(F)(F)F)cc(C(F)(F)F)c2)=NC12CCNCC2. The number of amides is 1. The number of nitrogens with one attached hydrogen (secondary N) is 2. The third kappa shape index (κ3) is 3.35. The van der Waals surface area contributed by atoms with E-state index in [0.29, 0.717) is 38.1 Å². The number of halogens is 6. The second-order valence-electron chi connectivity index (χ2n) is 5.99. The highest BCUT2D eigenvalue weighted by atomic mass is 19.4. The quantitative estimate of drug-likeness (QED) is 0.752. The second-order valence-corrected chi connectivity index (χ2v) is 5.99. The van der Waals surface area contributed by atoms with Crippen LogP contribution < -0.4 is 10.6 Å². The van der Waals surface area contributed by atoms with Gasteiger partial charge in [-0.1, -0.05) is 0 Å². The number of benzene rings is 1. The van der Waals surface area contributed by atoms with E-state index in [1.54, 1.807) is 0 Å². The molecule has 136 valence electrons. The lowest BCUT2D eigenvalue weighted by Gasteiger charge is -2.28. The lowest BCUT2D eigenvalue weighted by molar-refractivity contribution is -0.143. The molecule has 0 atom stereocenters. The molecule has 0 radical (unpaired) electrons. The van der Waals surface area contributed by atoms with Gasteiger partial charge in [0.1, 0.15) is 11.4 Å². The van der Waals surface area contributed by atoms with E-state index in [-0.39, 0.29) is 11.9 Å². The summed E-state index contributed by atoms with van der Waals surface area (Å²) in [6.07, 6.45) is -9.25. The Morgan fingerprint density at radius 3 is 1.92 bits per heavy atom. The maximum absolute atomic E-state index is 12.9. The zero-order valence-corrected chi connectivity index (χ0v) is 12.7. The number of hydrogen-bond acceptors (Lipinski definition) is 3. The Morgan fingerprint density at radius 2 is 1.44 bits per heavy atom. The molecule has 10 heteroatoms. The van der Waals surface area contributed by atoms with Gasteiger partial charge in [-0.3, -0.25) is 9.79 Å². The van der Waals surface area contributed by atoms with Crippen molar-refractivity contribution < 1.29 is 31.1 Å². The predicted octanol–water partition coefficient (Wildman–Crippen LogP) is 2.72. The van der Waals surface area contributed by atoms with Gasteiger partial charge in [0.25, 0.3) is 5.91 Å². The molecular weight excluding hydrogens is 352 g/mol. The number of nitrogens with zero attached hydrogens (tertiary/aromatic N) is 1. The first-order chi connectivity index (χ1) is 11.5. The van der Waals surface area contributed by atoms with Crippen LogP contribution in [0.25, 0.3) is 0 Å². The Kier molecular flexibility index (Phi) is 4.05. The summed E-state index contributed by atoms with van der Waals surface area (Å²) >= 11 is 0. The number of amidine groups is 1. The first-order valence-corrected chi connectivity index (χ1v) is 7.43. The van der Waals surface area contributed by atoms with Gasteiger partial charge in [0.05, 0.1) is 11.1 Å². The molecule has 3 rings (SSSR count). The summed E-state index contributed by atoms with van der Waals surface area (Å²) in [5.41, 5.74) is -4.43. The van der Waals surface area contributed by atoms with Crippen LogP contribution in [-0.4, -0.2) is 30.4 Å². The standard InChI is InChI=1S/C15H13F6N3O/c16-14(17,18)9-5-8(6-10(7-9)15(19,20)21)11-23-12(25)13(24-11)1-3-22-4-2-13/h5-7,22H,1-4H2,(H,23,24,25). The summed E-state index contributed by atoms with van der Waals surface area (Å²) in [5.74, 6) is -0.765. The molecule has 0 saturated carbocycles. The number of carbonyl (C=O) groups is 1. The molecule has 1 saturated heterocycles. The van der Waals surface area contributed by atoms with Gasteiger partial charge in [0, 0.05) is 5.56 Å². The summed E-state index contributed by atoms with van der Waals surface area (Å²) in [7, 11) is 0. The number of piperidine rings is 1. The molecule has 4 nitrogen and oxygen atoms in total. The molecule has 1 aromatic rings. The summed E-state index contributed by atoms with van der Waals surface area (Å²) in [6.45, 7) is 0.973. The van der Waals surface area contributed by atoms with Gasteiger partial charge in [-0.15, -0.1) is 0 Å². The third-order valence-electron chi connectivity index (χ3n) is 4.27. The summed E-state index contributed by atoms with van der Waals surface area (Å²) < 4.78 is 77.7. The Labute approximate surface area is 138 Å². The van der Waals surface area contributed by atoms with Crippen LogP contribution in [0.15, 0.2) is 23.2 Å². The van der Waals surface area contributed by atoms with Gasteiger partial charge in [-0.2, -0.15) is 26.3 Å². The van der Waals surface area contributed by atoms with Gasteiger partial charge in [-0.25, -0.2) is 0 Å². The van der Waals surface area contributed by atoms with Crippen molar-refractivity contribution in [2.45, 2.75) is 30.7 Å². The van der Waals surface area contributed by atoms with Crippen LogP contribution in [0.2, 0.25) is 0 Å². The molecule has 2 N–H and O–H groups in total. The maximum atomic E-state index is 12.9. The van der Waals surface area contributed by atoms with Crippen LogP contribution in [-0.2, 0) is 17.1 Å². The highest BCUT2D eigenvalue weighted by Gasteiger charge is 2.45. The van der Waals surface area contributed by atoms with Gasteiger partial charge in [-0.05, 0) is 44.1 Å². The van der Waals surface area contributed by atoms with Crippen molar-refractivity contribution >= 4 is 11.7 Å². The summed E-state index contributed by atoms with van der Waals surface area (Å²) in [5, 5.41) is 5.36. The lowest BCUT2D eigenvalue weighted by Crippen LogP contribution is -2.47. The van der Waals surface area contributed by atoms with E-state index in [1.807, 2.05) is 0 Å². The smallest absolute Gasteiger partial charge is 0.317 e. The molecule has 0 unspecified atom stereocenters. The zero-order valence-electron chi connectivity index (χ0n) is 12.7. The van der Waals surface area contributed by atoms with E-state index in [2.05, 4.69) is 15.6 Å². The van der Waals surface area contributed by atoms with Crippen LogP contribution in [0.1, 0.15) is 29.5 Å². The van der Waals surface area contributed by atoms with Gasteiger partial charge in [0.15, 0.2) is 0 Å². The minimum Gasteiger partial charge on any atom is -0.317 e. The molecule has 2 aliphatic heterocycles. The maximum Gasteiger partial charge on any atom is 0.416 e. The Hall–Kier alpha value is -2.10. The van der Waals surface area contributed by atoms with E-state index in [9.17, 15) is 31.1 Å². The Morgan fingerprint density at radius 1 is 0.920 bits per heavy atom. The van der Waals surface area contributed by atoms with Crippen molar-refractivity contribution in [3.8, 4) is 0 Å². The van der Waals surface area contributed by atoms with E-state index in [4.69, 9.17) is 0 Å². The Bertz CT molecular complexity index is 700. The largest absolute Gasteiger partial charge is 0.416 e. The van der Waals surface area contributed by atoms with Crippen LogP contribution in [0.5, 0.6) is 0 Å². The molecule has 2 aliphatic rings. The number of hydrogen-bond donors (Lipinski definition) is 2. The summed E-state index contributed by atoms with van der Waals surface area (Å²) in [4.78, 5) is 16.4. The fraction of sp³-hybridized carbons (Fsp3) is 0.467. The fourth-order valence-corrected chi connectivity index (χ4v) is 2.92. The average Bonchev–Trinajstić information content (AvgIpc) is 2.82. The van der Waals surface area contributed by atoms with Crippen molar-refractivity contribution in [2.75, 3.05) is 13.1 Å². The molecule has 1 spiro atoms. The molecule has 1 aromatic carbocycles. The molecule has 1 amide bonds. The number of alkyl halides is 6. The van der Waals surface area contributed by atoms with Crippen LogP contribution in [0.4, 0.5) is 26.3 Å². The van der Waals surface area contributed by atoms with Gasteiger partial charge >= 0.3 is 12.4 Å². The molecule has 0 bridgehead atoms. The van der Waals surface area contributed by atoms with Gasteiger partial charge in [0.2, 0.25) is 0 Å². The number of carbonyl (C=O) groups excluding carboxylic acids is 1. The molecular formula is C15H13F6N3O. The van der Waals surface area contributed by atoms with Crippen molar-refractivity contribution in [1.82, 2.24) is 10.6 Å². The van der Waals surface area contributed by atoms with Gasteiger partial charge < -0.3 is 10.6 Å². The minimum atomic E-state index is -4.95. The van der Waals surface area contributed by atoms with Crippen LogP contribution in [0, 0.1) is 0 Å². The molecule has 25 heavy (non-hydrogen) atoms. The predicted molar refractivity (Wildman–Crippen MR) is 76.0 cm³/mol. The Balaban J connectivity index is 2.08. The molecule has 1 fully saturated rings. The van der Waals surface area contributed by atoms with E-state index < -0.39 is 40.5 Å². The number of rotatable bonds is 1. The highest BCUT2D eigenvalue weighted by Crippen LogP contribution is 2.37. The van der Waals surface area contributed by atoms with E-state index >= 15 is 0 Å². The van der Waals surface area contributed by atoms with Crippen LogP contribution in [0.3, 0.4) is 0 Å². The average molecular weight is 365 g/mol. The topological polar surface area (TPSA) is 53.5 Å². The molecule has 2 heterocycles. The van der Waals surface area contributed by atoms with E-state index in [1.165, 1.54) is 0 Å². The summed E-state index contributed by atoms with van der Waals surface area (Å²) in [6, 6.07) is 1.17. The second kappa shape index (κ2) is 5.72. The van der Waals surface area contributed by atoms with E-state index in [0.717, 1.165) is 0 Å². The first-order valence-electron chi connectivity index (χ1n) is 7.43. The monoisotopic (exact) mass is 365 g/mol. The van der Waals surface area contributed by atoms with Crippen molar-refractivity contribution in [3.63, 3.8) is 0 Å². The zero-order chi connectivity index (χ0) is 18.5. The third-order valence-corrected chi connectivity index (χ3v) is 4.27. The highest BCUT2D eigenvalue weighted by molar-refractivity contribution is 6.15.